The third kappa shape index (κ3) is 13.4. The molecule has 13 heteroatoms. The van der Waals surface area contributed by atoms with Crippen LogP contribution >= 0.6 is 0 Å². The quantitative estimate of drug-likeness (QED) is 0.113. The van der Waals surface area contributed by atoms with Gasteiger partial charge in [0.05, 0.1) is 7.11 Å². The number of ether oxygens (including phenoxy) is 3. The van der Waals surface area contributed by atoms with Crippen LogP contribution in [0.5, 0.6) is 0 Å². The van der Waals surface area contributed by atoms with Gasteiger partial charge in [-0.1, -0.05) is 10.3 Å². The van der Waals surface area contributed by atoms with E-state index in [0.717, 1.165) is 7.11 Å². The second-order valence-electron chi connectivity index (χ2n) is 7.25. The van der Waals surface area contributed by atoms with Gasteiger partial charge in [0.1, 0.15) is 13.2 Å². The number of nitrogens with zero attached hydrogens (tertiary/aromatic N) is 2. The predicted octanol–water partition coefficient (Wildman–Crippen LogP) is 0.561. The van der Waals surface area contributed by atoms with Crippen molar-refractivity contribution >= 4 is 47.7 Å². The van der Waals surface area contributed by atoms with Crippen LogP contribution in [0.4, 0.5) is 0 Å². The van der Waals surface area contributed by atoms with Crippen molar-refractivity contribution in [2.24, 2.45) is 10.3 Å². The summed E-state index contributed by atoms with van der Waals surface area (Å²) in [6, 6.07) is 0. The largest absolute Gasteiger partial charge is 0.464 e. The third-order valence-electron chi connectivity index (χ3n) is 3.87. The number of carbonyl (C=O) groups is 6. The SMILES string of the molecule is CC(=O)/C(COC=O)=N/OC(C)(C)C(C)=O.COC(=O)/C(COC=O)=N/OC(C)(C)C(C)=O. The fraction of sp³-hybridized carbons (Fsp3) is 0.600. The van der Waals surface area contributed by atoms with E-state index in [9.17, 15) is 28.8 Å². The Morgan fingerprint density at radius 3 is 1.39 bits per heavy atom. The molecule has 13 nitrogen and oxygen atoms in total. The zero-order valence-corrected chi connectivity index (χ0v) is 20.0. The van der Waals surface area contributed by atoms with E-state index in [0.29, 0.717) is 0 Å². The van der Waals surface area contributed by atoms with Gasteiger partial charge >= 0.3 is 5.97 Å². The standard InChI is InChI=1S/C10H15NO6.C10H15NO5/c1-7(13)10(2,3)17-11-8(5-16-6-12)9(14)15-4;1-7(13)9(5-15-6-12)11-16-10(3,4)8(2)14/h6H,5H2,1-4H3;6H,5H2,1-4H3/b11-8+;11-9+. The molecule has 0 rings (SSSR count). The first-order chi connectivity index (χ1) is 15.2. The van der Waals surface area contributed by atoms with E-state index in [1.54, 1.807) is 0 Å². The number of hydrogen-bond donors (Lipinski definition) is 0. The van der Waals surface area contributed by atoms with E-state index in [2.05, 4.69) is 24.5 Å². The van der Waals surface area contributed by atoms with Crippen LogP contribution in [0.25, 0.3) is 0 Å². The van der Waals surface area contributed by atoms with E-state index in [-0.39, 0.29) is 54.9 Å². The molecule has 0 saturated heterocycles. The molecule has 0 unspecified atom stereocenters. The molecule has 0 aliphatic rings. The lowest BCUT2D eigenvalue weighted by Gasteiger charge is -2.18. The number of ketones is 3. The number of carbonyl (C=O) groups excluding carboxylic acids is 6. The molecule has 33 heavy (non-hydrogen) atoms. The highest BCUT2D eigenvalue weighted by atomic mass is 16.7. The molecular formula is C20H30N2O11. The Kier molecular flexibility index (Phi) is 14.5. The fourth-order valence-corrected chi connectivity index (χ4v) is 1.13. The first-order valence-electron chi connectivity index (χ1n) is 9.38. The lowest BCUT2D eigenvalue weighted by atomic mass is 10.1. The first kappa shape index (κ1) is 31.5. The maximum absolute atomic E-state index is 11.2. The monoisotopic (exact) mass is 474 g/mol. The molecule has 0 radical (unpaired) electrons. The summed E-state index contributed by atoms with van der Waals surface area (Å²) in [5, 5.41) is 6.98. The van der Waals surface area contributed by atoms with Gasteiger partial charge in [0.15, 0.2) is 34.3 Å². The van der Waals surface area contributed by atoms with Crippen molar-refractivity contribution < 1.29 is 52.7 Å². The first-order valence-corrected chi connectivity index (χ1v) is 9.38. The molecule has 0 aromatic carbocycles. The molecule has 0 atom stereocenters. The van der Waals surface area contributed by atoms with Gasteiger partial charge in [0.25, 0.3) is 12.9 Å². The van der Waals surface area contributed by atoms with Gasteiger partial charge in [-0.05, 0) is 41.5 Å². The average Bonchev–Trinajstić information content (AvgIpc) is 2.73. The summed E-state index contributed by atoms with van der Waals surface area (Å²) in [5.74, 6) is -1.68. The smallest absolute Gasteiger partial charge is 0.359 e. The maximum atomic E-state index is 11.2. The topological polar surface area (TPSA) is 173 Å². The van der Waals surface area contributed by atoms with Crippen molar-refractivity contribution in [1.29, 1.82) is 0 Å². The summed E-state index contributed by atoms with van der Waals surface area (Å²) in [6.07, 6.45) is 0. The molecule has 0 saturated carbocycles. The molecule has 186 valence electrons. The van der Waals surface area contributed by atoms with Crippen molar-refractivity contribution in [3.05, 3.63) is 0 Å². The summed E-state index contributed by atoms with van der Waals surface area (Å²) in [4.78, 5) is 74.3. The fourth-order valence-electron chi connectivity index (χ4n) is 1.13. The number of methoxy groups -OCH3 is 1. The molecule has 0 amide bonds. The summed E-state index contributed by atoms with van der Waals surface area (Å²) in [5.41, 5.74) is -2.57. The molecule has 0 fully saturated rings. The van der Waals surface area contributed by atoms with Crippen molar-refractivity contribution in [3.63, 3.8) is 0 Å². The Morgan fingerprint density at radius 2 is 1.09 bits per heavy atom. The van der Waals surface area contributed by atoms with Gasteiger partial charge in [-0.15, -0.1) is 0 Å². The summed E-state index contributed by atoms with van der Waals surface area (Å²) >= 11 is 0. The van der Waals surface area contributed by atoms with Gasteiger partial charge in [-0.25, -0.2) is 4.79 Å². The van der Waals surface area contributed by atoms with E-state index < -0.39 is 17.2 Å². The van der Waals surface area contributed by atoms with Crippen LogP contribution in [0, 0.1) is 0 Å². The second-order valence-corrected chi connectivity index (χ2v) is 7.25. The minimum Gasteiger partial charge on any atom is -0.464 e. The molecule has 0 heterocycles. The third-order valence-corrected chi connectivity index (χ3v) is 3.87. The van der Waals surface area contributed by atoms with Gasteiger partial charge in [0, 0.05) is 6.92 Å². The highest BCUT2D eigenvalue weighted by Gasteiger charge is 2.27. The number of rotatable bonds is 14. The number of Topliss-reactive ketones (excluding diaryl/α,β-unsaturated/α-hetero) is 3. The normalized spacial score (nSPS) is 11.8. The number of oxime groups is 2. The lowest BCUT2D eigenvalue weighted by Crippen LogP contribution is -2.32. The Morgan fingerprint density at radius 1 is 0.727 bits per heavy atom. The van der Waals surface area contributed by atoms with Crippen molar-refractivity contribution in [2.75, 3.05) is 20.3 Å². The maximum Gasteiger partial charge on any atom is 0.359 e. The van der Waals surface area contributed by atoms with Crippen molar-refractivity contribution in [2.45, 2.75) is 59.7 Å². The Hall–Kier alpha value is -3.64. The van der Waals surface area contributed by atoms with Gasteiger partial charge in [-0.3, -0.25) is 24.0 Å². The Bertz CT molecular complexity index is 783. The number of hydrogen-bond acceptors (Lipinski definition) is 13. The molecule has 0 aromatic rings. The van der Waals surface area contributed by atoms with E-state index >= 15 is 0 Å². The average molecular weight is 474 g/mol. The zero-order chi connectivity index (χ0) is 26.2. The molecule has 0 bridgehead atoms. The molecule has 0 spiro atoms. The van der Waals surface area contributed by atoms with Crippen LogP contribution in [0.2, 0.25) is 0 Å². The van der Waals surface area contributed by atoms with Gasteiger partial charge in [-0.2, -0.15) is 0 Å². The van der Waals surface area contributed by atoms with E-state index in [1.807, 2.05) is 0 Å². The minimum atomic E-state index is -1.17. The minimum absolute atomic E-state index is 0.0542. The summed E-state index contributed by atoms with van der Waals surface area (Å²) in [6.45, 7) is 9.69. The van der Waals surface area contributed by atoms with E-state index in [1.165, 1.54) is 48.5 Å². The molecule has 0 N–H and O–H groups in total. The molecule has 0 aliphatic heterocycles. The van der Waals surface area contributed by atoms with Crippen LogP contribution < -0.4 is 0 Å². The van der Waals surface area contributed by atoms with Crippen molar-refractivity contribution in [1.82, 2.24) is 0 Å². The Balaban J connectivity index is 0. The van der Waals surface area contributed by atoms with E-state index in [4.69, 9.17) is 9.68 Å². The highest BCUT2D eigenvalue weighted by molar-refractivity contribution is 6.39. The lowest BCUT2D eigenvalue weighted by molar-refractivity contribution is -0.140. The van der Waals surface area contributed by atoms with Crippen LogP contribution in [-0.2, 0) is 52.7 Å². The summed E-state index contributed by atoms with van der Waals surface area (Å²) in [7, 11) is 1.15. The zero-order valence-electron chi connectivity index (χ0n) is 20.0. The highest BCUT2D eigenvalue weighted by Crippen LogP contribution is 2.11. The van der Waals surface area contributed by atoms with Gasteiger partial charge in [0.2, 0.25) is 5.71 Å². The van der Waals surface area contributed by atoms with Crippen LogP contribution in [0.1, 0.15) is 48.5 Å². The number of esters is 1. The van der Waals surface area contributed by atoms with Crippen LogP contribution in [0.3, 0.4) is 0 Å². The second kappa shape index (κ2) is 15.2. The Labute approximate surface area is 191 Å². The molecule has 0 aromatic heterocycles. The molecular weight excluding hydrogens is 444 g/mol. The summed E-state index contributed by atoms with van der Waals surface area (Å²) < 4.78 is 13.2. The molecule has 0 aliphatic carbocycles. The van der Waals surface area contributed by atoms with Crippen molar-refractivity contribution in [3.8, 4) is 0 Å². The van der Waals surface area contributed by atoms with Crippen LogP contribution in [-0.4, -0.2) is 79.2 Å². The van der Waals surface area contributed by atoms with Crippen LogP contribution in [0.15, 0.2) is 10.3 Å². The van der Waals surface area contributed by atoms with Gasteiger partial charge < -0.3 is 23.9 Å². The predicted molar refractivity (Wildman–Crippen MR) is 113 cm³/mol.